The molecule has 2 N–H and O–H groups in total. The van der Waals surface area contributed by atoms with Crippen LogP contribution in [-0.4, -0.2) is 27.8 Å². The Morgan fingerprint density at radius 1 is 1.55 bits per heavy atom. The van der Waals surface area contributed by atoms with Crippen LogP contribution in [0.4, 0.5) is 0 Å². The molecule has 0 unspecified atom stereocenters. The molecule has 0 aliphatic carbocycles. The second kappa shape index (κ2) is 4.66. The van der Waals surface area contributed by atoms with Gasteiger partial charge in [-0.3, -0.25) is 4.55 Å². The lowest BCUT2D eigenvalue weighted by Gasteiger charge is -1.88. The number of rotatable bonds is 0. The molecule has 0 fully saturated rings. The van der Waals surface area contributed by atoms with Crippen molar-refractivity contribution in [2.75, 3.05) is 0 Å². The molecule has 0 amide bonds. The molecule has 0 saturated carbocycles. The molecule has 11 heavy (non-hydrogen) atoms. The molecule has 1 rings (SSSR count). The maximum absolute atomic E-state index is 8.63. The molecule has 62 valence electrons. The van der Waals surface area contributed by atoms with Gasteiger partial charge in [0, 0.05) is 6.07 Å². The Kier molecular flexibility index (Phi) is 4.18. The Balaban J connectivity index is 0.000000187. The summed E-state index contributed by atoms with van der Waals surface area (Å²) in [5, 5.41) is 9.42. The monoisotopic (exact) mass is 179 g/mol. The van der Waals surface area contributed by atoms with E-state index in [-0.39, 0.29) is 0 Å². The Morgan fingerprint density at radius 2 is 2.09 bits per heavy atom. The van der Waals surface area contributed by atoms with E-state index in [4.69, 9.17) is 17.5 Å². The van der Waals surface area contributed by atoms with Crippen LogP contribution in [0.1, 0.15) is 0 Å². The fourth-order valence-corrected chi connectivity index (χ4v) is 0.225. The minimum absolute atomic E-state index is 1.61. The Bertz CT molecular complexity index is 237. The number of hydrogen-bond acceptors (Lipinski definition) is 5. The second-order valence-electron chi connectivity index (χ2n) is 1.28. The summed E-state index contributed by atoms with van der Waals surface area (Å²) in [7, 11) is -4.92. The van der Waals surface area contributed by atoms with Crippen molar-refractivity contribution >= 4 is 10.4 Å². The summed E-state index contributed by atoms with van der Waals surface area (Å²) in [6.45, 7) is 0. The van der Waals surface area contributed by atoms with Gasteiger partial charge in [-0.15, -0.1) is 0 Å². The highest BCUT2D eigenvalue weighted by atomic mass is 32.3. The van der Waals surface area contributed by atoms with Gasteiger partial charge in [0.15, 0.2) is 6.20 Å². The van der Waals surface area contributed by atoms with Crippen molar-refractivity contribution in [1.82, 2.24) is 10.3 Å². The van der Waals surface area contributed by atoms with E-state index < -0.39 is 10.4 Å². The summed E-state index contributed by atoms with van der Waals surface area (Å²) in [5.41, 5.74) is 0. The first kappa shape index (κ1) is 9.88. The van der Waals surface area contributed by atoms with Crippen molar-refractivity contribution in [3.63, 3.8) is 0 Å². The third-order valence-corrected chi connectivity index (χ3v) is 0.439. The predicted octanol–water partition coefficient (Wildman–Crippen LogP) is -1.70. The van der Waals surface area contributed by atoms with E-state index in [0.717, 1.165) is 0 Å². The van der Waals surface area contributed by atoms with Crippen LogP contribution in [0, 0.1) is 0 Å². The highest BCUT2D eigenvalue weighted by Gasteiger charge is 1.70. The third kappa shape index (κ3) is 17.7. The van der Waals surface area contributed by atoms with E-state index in [2.05, 4.69) is 15.4 Å². The molecule has 0 saturated heterocycles. The molecule has 0 aromatic carbocycles. The van der Waals surface area contributed by atoms with Crippen LogP contribution in [-0.2, 0) is 10.4 Å². The Morgan fingerprint density at radius 3 is 2.18 bits per heavy atom. The van der Waals surface area contributed by atoms with Gasteiger partial charge in [-0.05, 0) is 0 Å². The quantitative estimate of drug-likeness (QED) is 0.374. The first-order valence-electron chi connectivity index (χ1n) is 2.32. The van der Waals surface area contributed by atoms with Crippen LogP contribution in [0.3, 0.4) is 0 Å². The standard InChI is InChI=1S/C3H3N3.H2O4S/c1-2-4-6-5-3-1;1-5(2,3)4/h1-3H;(H2,1,2,3,4). The van der Waals surface area contributed by atoms with Crippen molar-refractivity contribution in [3.8, 4) is 0 Å². The van der Waals surface area contributed by atoms with E-state index in [1.54, 1.807) is 18.5 Å². The van der Waals surface area contributed by atoms with Gasteiger partial charge in [-0.1, -0.05) is 0 Å². The molecule has 1 aromatic rings. The minimum atomic E-state index is -4.92. The van der Waals surface area contributed by atoms with Gasteiger partial charge < -0.3 is 4.55 Å². The molecule has 8 heteroatoms. The maximum atomic E-state index is 8.63. The highest BCUT2D eigenvalue weighted by molar-refractivity contribution is 7.79. The van der Waals surface area contributed by atoms with E-state index >= 15 is 0 Å². The first-order chi connectivity index (χ1) is 5.00. The second-order valence-corrected chi connectivity index (χ2v) is 2.14. The van der Waals surface area contributed by atoms with Gasteiger partial charge in [0.25, 0.3) is 0 Å². The topological polar surface area (TPSA) is 117 Å². The molecule has 7 nitrogen and oxygen atoms in total. The van der Waals surface area contributed by atoms with Gasteiger partial charge in [0.2, 0.25) is 10.4 Å². The van der Waals surface area contributed by atoms with Crippen molar-refractivity contribution in [1.29, 1.82) is 0 Å². The lowest BCUT2D eigenvalue weighted by Crippen LogP contribution is -2.06. The van der Waals surface area contributed by atoms with Crippen LogP contribution in [0.5, 0.6) is 0 Å². The van der Waals surface area contributed by atoms with Crippen molar-refractivity contribution in [2.45, 2.75) is 0 Å². The third-order valence-electron chi connectivity index (χ3n) is 0.439. The van der Waals surface area contributed by atoms with Crippen molar-refractivity contribution < 1.29 is 22.6 Å². The van der Waals surface area contributed by atoms with Gasteiger partial charge >= 0.3 is 0 Å². The largest absolute Gasteiger partial charge is 0.726 e. The number of nitrogens with zero attached hydrogens (tertiary/aromatic N) is 2. The van der Waals surface area contributed by atoms with E-state index in [1.807, 2.05) is 0 Å². The number of aromatic nitrogens is 3. The number of aromatic amines is 1. The summed E-state index contributed by atoms with van der Waals surface area (Å²) in [4.78, 5) is 0. The summed E-state index contributed by atoms with van der Waals surface area (Å²) in [6, 6.07) is 1.77. The minimum Gasteiger partial charge on any atom is -0.726 e. The number of H-pyrrole nitrogens is 1. The van der Waals surface area contributed by atoms with Crippen LogP contribution in [0.15, 0.2) is 18.5 Å². The first-order valence-corrected chi connectivity index (χ1v) is 3.68. The molecule has 0 bridgehead atoms. The maximum Gasteiger partial charge on any atom is 0.215 e. The van der Waals surface area contributed by atoms with Crippen LogP contribution >= 0.6 is 0 Å². The molecule has 0 aliphatic heterocycles. The normalized spacial score (nSPS) is 9.64. The Labute approximate surface area is 62.7 Å². The van der Waals surface area contributed by atoms with Crippen molar-refractivity contribution in [2.24, 2.45) is 0 Å². The van der Waals surface area contributed by atoms with Crippen LogP contribution in [0.2, 0.25) is 0 Å². The number of nitrogens with one attached hydrogen (secondary N) is 1. The molecule has 0 aliphatic rings. The molecular weight excluding hydrogens is 174 g/mol. The molecule has 0 spiro atoms. The summed E-state index contributed by atoms with van der Waals surface area (Å²) in [5.74, 6) is 0. The van der Waals surface area contributed by atoms with Gasteiger partial charge in [-0.2, -0.15) is 5.10 Å². The SMILES string of the molecule is O=S(=O)([O-])O.c1cnn[nH+]c1. The molecule has 0 atom stereocenters. The smallest absolute Gasteiger partial charge is 0.215 e. The summed E-state index contributed by atoms with van der Waals surface area (Å²) < 4.78 is 32.8. The van der Waals surface area contributed by atoms with E-state index in [9.17, 15) is 0 Å². The van der Waals surface area contributed by atoms with E-state index in [1.165, 1.54) is 0 Å². The fourth-order valence-electron chi connectivity index (χ4n) is 0.225. The average Bonchev–Trinajstić information content (AvgIpc) is 1.88. The zero-order valence-electron chi connectivity index (χ0n) is 5.21. The average molecular weight is 179 g/mol. The van der Waals surface area contributed by atoms with Gasteiger partial charge in [-0.25, -0.2) is 8.42 Å². The molecule has 1 aromatic heterocycles. The molecule has 0 radical (unpaired) electrons. The lowest BCUT2D eigenvalue weighted by molar-refractivity contribution is -0.463. The predicted molar refractivity (Wildman–Crippen MR) is 30.9 cm³/mol. The zero-order valence-corrected chi connectivity index (χ0v) is 6.02. The van der Waals surface area contributed by atoms with Crippen molar-refractivity contribution in [3.05, 3.63) is 18.5 Å². The van der Waals surface area contributed by atoms with E-state index in [0.29, 0.717) is 0 Å². The van der Waals surface area contributed by atoms with Crippen LogP contribution in [0.25, 0.3) is 0 Å². The summed E-state index contributed by atoms with van der Waals surface area (Å²) in [6.07, 6.45) is 3.31. The van der Waals surface area contributed by atoms with Gasteiger partial charge in [0.1, 0.15) is 11.4 Å². The zero-order chi connectivity index (χ0) is 8.74. The highest BCUT2D eigenvalue weighted by Crippen LogP contribution is 1.58. The Hall–Kier alpha value is -1.12. The lowest BCUT2D eigenvalue weighted by atomic mass is 10.7. The summed E-state index contributed by atoms with van der Waals surface area (Å²) >= 11 is 0. The van der Waals surface area contributed by atoms with Gasteiger partial charge in [0.05, 0.1) is 5.10 Å². The number of hydrogen-bond donors (Lipinski definition) is 1. The van der Waals surface area contributed by atoms with Crippen LogP contribution < -0.4 is 5.10 Å². The fraction of sp³-hybridized carbons (Fsp3) is 0. The molecular formula is C3H5N3O4S. The molecule has 1 heterocycles.